The summed E-state index contributed by atoms with van der Waals surface area (Å²) in [6.45, 7) is 2.00. The minimum Gasteiger partial charge on any atom is -1.00 e. The van der Waals surface area contributed by atoms with Crippen molar-refractivity contribution < 1.29 is 26.3 Å². The van der Waals surface area contributed by atoms with Gasteiger partial charge in [0.05, 0.1) is 13.7 Å². The maximum absolute atomic E-state index is 5.30. The van der Waals surface area contributed by atoms with Crippen LogP contribution in [0.1, 0.15) is 12.0 Å². The number of halogens is 1. The summed E-state index contributed by atoms with van der Waals surface area (Å²) in [5.41, 5.74) is 3.83. The molecule has 3 aromatic rings. The number of ether oxygens (including phenoxy) is 1. The molecule has 2 heterocycles. The van der Waals surface area contributed by atoms with Gasteiger partial charge < -0.3 is 21.7 Å². The van der Waals surface area contributed by atoms with Crippen molar-refractivity contribution in [1.82, 2.24) is 4.57 Å². The van der Waals surface area contributed by atoms with Gasteiger partial charge in [-0.25, -0.2) is 9.13 Å². The molecule has 0 radical (unpaired) electrons. The molecule has 1 aromatic heterocycles. The topological polar surface area (TPSA) is 18.0 Å². The van der Waals surface area contributed by atoms with Crippen molar-refractivity contribution in [3.8, 4) is 17.0 Å². The summed E-state index contributed by atoms with van der Waals surface area (Å²) in [5, 5.41) is 1.36. The molecule has 0 bridgehead atoms. The van der Waals surface area contributed by atoms with Crippen molar-refractivity contribution in [2.75, 3.05) is 12.9 Å². The molecule has 4 rings (SSSR count). The number of fused-ring (bicyclic) bond motifs is 1. The zero-order valence-electron chi connectivity index (χ0n) is 14.2. The highest BCUT2D eigenvalue weighted by Gasteiger charge is 2.27. The van der Waals surface area contributed by atoms with E-state index in [0.29, 0.717) is 0 Å². The number of hydrogen-bond acceptors (Lipinski definition) is 2. The first-order valence-corrected chi connectivity index (χ1v) is 9.28. The van der Waals surface area contributed by atoms with E-state index in [0.717, 1.165) is 18.8 Å². The normalized spacial score (nSPS) is 13.0. The third-order valence-corrected chi connectivity index (χ3v) is 5.60. The van der Waals surface area contributed by atoms with Gasteiger partial charge in [-0.1, -0.05) is 30.3 Å². The Morgan fingerprint density at radius 1 is 1.08 bits per heavy atom. The molecule has 0 atom stereocenters. The Bertz CT molecular complexity index is 831. The number of rotatable bonds is 4. The van der Waals surface area contributed by atoms with E-state index >= 15 is 0 Å². The van der Waals surface area contributed by atoms with Crippen molar-refractivity contribution in [2.24, 2.45) is 0 Å². The molecule has 0 saturated heterocycles. The van der Waals surface area contributed by atoms with E-state index in [1.807, 2.05) is 23.9 Å². The first-order valence-electron chi connectivity index (χ1n) is 8.29. The van der Waals surface area contributed by atoms with E-state index in [9.17, 15) is 0 Å². The Balaban J connectivity index is 0.00000182. The average molecular weight is 417 g/mol. The van der Waals surface area contributed by atoms with Crippen molar-refractivity contribution >= 4 is 11.8 Å². The molecule has 1 aliphatic heterocycles. The van der Waals surface area contributed by atoms with Crippen LogP contribution in [0.4, 0.5) is 0 Å². The van der Waals surface area contributed by atoms with E-state index < -0.39 is 0 Å². The molecule has 0 spiro atoms. The fourth-order valence-electron chi connectivity index (χ4n) is 3.16. The minimum atomic E-state index is 0. The van der Waals surface area contributed by atoms with E-state index in [1.165, 1.54) is 34.2 Å². The monoisotopic (exact) mass is 416 g/mol. The molecule has 0 unspecified atom stereocenters. The van der Waals surface area contributed by atoms with Gasteiger partial charge in [-0.3, -0.25) is 0 Å². The van der Waals surface area contributed by atoms with Crippen LogP contribution in [0.15, 0.2) is 66.0 Å². The lowest BCUT2D eigenvalue weighted by atomic mass is 10.1. The molecule has 2 aromatic carbocycles. The largest absolute Gasteiger partial charge is 1.00 e. The van der Waals surface area contributed by atoms with Crippen LogP contribution >= 0.6 is 11.8 Å². The fourth-order valence-corrected chi connectivity index (χ4v) is 4.25. The highest BCUT2D eigenvalue weighted by Crippen LogP contribution is 2.29. The van der Waals surface area contributed by atoms with Crippen LogP contribution in [0.2, 0.25) is 0 Å². The molecule has 0 amide bonds. The van der Waals surface area contributed by atoms with Crippen molar-refractivity contribution in [3.63, 3.8) is 0 Å². The van der Waals surface area contributed by atoms with Crippen LogP contribution in [0.5, 0.6) is 5.75 Å². The third-order valence-electron chi connectivity index (χ3n) is 4.39. The maximum atomic E-state index is 5.30. The Labute approximate surface area is 163 Å². The first kappa shape index (κ1) is 18.1. The van der Waals surface area contributed by atoms with Gasteiger partial charge in [-0.05, 0) is 48.0 Å². The minimum absolute atomic E-state index is 0. The van der Waals surface area contributed by atoms with Gasteiger partial charge >= 0.3 is 5.16 Å². The number of aromatic nitrogens is 2. The third kappa shape index (κ3) is 3.77. The summed E-state index contributed by atoms with van der Waals surface area (Å²) in [5.74, 6) is 2.09. The molecule has 25 heavy (non-hydrogen) atoms. The molecule has 3 nitrogen and oxygen atoms in total. The Morgan fingerprint density at radius 2 is 1.84 bits per heavy atom. The highest BCUT2D eigenvalue weighted by molar-refractivity contribution is 7.99. The Morgan fingerprint density at radius 3 is 2.56 bits per heavy atom. The van der Waals surface area contributed by atoms with Gasteiger partial charge in [0.1, 0.15) is 18.5 Å². The van der Waals surface area contributed by atoms with Crippen molar-refractivity contribution in [3.05, 3.63) is 66.4 Å². The molecule has 0 saturated carbocycles. The number of methoxy groups -OCH3 is 1. The van der Waals surface area contributed by atoms with Crippen molar-refractivity contribution in [2.45, 2.75) is 24.7 Å². The fraction of sp³-hybridized carbons (Fsp3) is 0.250. The second-order valence-electron chi connectivity index (χ2n) is 5.99. The summed E-state index contributed by atoms with van der Waals surface area (Å²) in [6.07, 6.45) is 3.53. The number of aryl methyl sites for hydroxylation is 1. The summed E-state index contributed by atoms with van der Waals surface area (Å²) in [4.78, 5) is 0. The number of benzene rings is 2. The number of thioether (sulfide) groups is 1. The molecule has 130 valence electrons. The Hall–Kier alpha value is -1.72. The predicted octanol–water partition coefficient (Wildman–Crippen LogP) is 0.999. The lowest BCUT2D eigenvalue weighted by molar-refractivity contribution is -0.734. The number of hydrogen-bond donors (Lipinski definition) is 0. The molecular weight excluding hydrogens is 396 g/mol. The summed E-state index contributed by atoms with van der Waals surface area (Å²) >= 11 is 1.96. The second kappa shape index (κ2) is 8.11. The average Bonchev–Trinajstić information content (AvgIpc) is 3.01. The molecule has 0 N–H and O–H groups in total. The van der Waals surface area contributed by atoms with Crippen LogP contribution in [-0.2, 0) is 13.1 Å². The zero-order chi connectivity index (χ0) is 16.4. The molecular formula is C20H21BrN2OS. The summed E-state index contributed by atoms with van der Waals surface area (Å²) in [6, 6.07) is 19.0. The van der Waals surface area contributed by atoms with E-state index in [4.69, 9.17) is 4.74 Å². The molecule has 0 fully saturated rings. The standard InChI is InChI=1S/C20H21N2OS.BrH/c1-23-18-10-8-17(9-11-18)19-15-21-12-5-13-24-20(21)22(19)14-16-6-3-2-4-7-16;/h2-4,6-11,15H,5,12-14H2,1H3;1H/q+1;/p-1. The molecule has 0 aliphatic carbocycles. The SMILES string of the molecule is COc1ccc(-c2c[n+]3c(n2Cc2ccccc2)SCCC3)cc1.[Br-]. The van der Waals surface area contributed by atoms with Crippen molar-refractivity contribution in [1.29, 1.82) is 0 Å². The van der Waals surface area contributed by atoms with Gasteiger partial charge in [-0.15, -0.1) is 0 Å². The molecule has 5 heteroatoms. The van der Waals surface area contributed by atoms with E-state index in [1.54, 1.807) is 7.11 Å². The molecule has 1 aliphatic rings. The quantitative estimate of drug-likeness (QED) is 0.590. The van der Waals surface area contributed by atoms with Crippen LogP contribution in [-0.4, -0.2) is 17.4 Å². The van der Waals surface area contributed by atoms with Gasteiger partial charge in [0.2, 0.25) is 0 Å². The van der Waals surface area contributed by atoms with Crippen LogP contribution in [0, 0.1) is 0 Å². The maximum Gasteiger partial charge on any atom is 0.318 e. The summed E-state index contributed by atoms with van der Waals surface area (Å²) < 4.78 is 10.1. The first-order chi connectivity index (χ1) is 11.8. The Kier molecular flexibility index (Phi) is 5.86. The highest BCUT2D eigenvalue weighted by atomic mass is 79.9. The van der Waals surface area contributed by atoms with Crippen LogP contribution < -0.4 is 26.3 Å². The van der Waals surface area contributed by atoms with E-state index in [2.05, 4.69) is 57.8 Å². The predicted molar refractivity (Wildman–Crippen MR) is 97.5 cm³/mol. The van der Waals surface area contributed by atoms with Gasteiger partial charge in [0.25, 0.3) is 0 Å². The van der Waals surface area contributed by atoms with Crippen LogP contribution in [0.25, 0.3) is 11.3 Å². The van der Waals surface area contributed by atoms with E-state index in [-0.39, 0.29) is 17.0 Å². The zero-order valence-corrected chi connectivity index (χ0v) is 16.6. The van der Waals surface area contributed by atoms with Gasteiger partial charge in [-0.2, -0.15) is 0 Å². The smallest absolute Gasteiger partial charge is 0.318 e. The summed E-state index contributed by atoms with van der Waals surface area (Å²) in [7, 11) is 1.71. The lowest BCUT2D eigenvalue weighted by Crippen LogP contribution is -3.00. The lowest BCUT2D eigenvalue weighted by Gasteiger charge is -2.10. The van der Waals surface area contributed by atoms with Crippen LogP contribution in [0.3, 0.4) is 0 Å². The van der Waals surface area contributed by atoms with Gasteiger partial charge in [0, 0.05) is 11.3 Å². The number of nitrogens with zero attached hydrogens (tertiary/aromatic N) is 2. The van der Waals surface area contributed by atoms with Gasteiger partial charge in [0.15, 0.2) is 5.69 Å². The number of imidazole rings is 1. The second-order valence-corrected chi connectivity index (χ2v) is 7.05.